The molecule has 3 heterocycles. The highest BCUT2D eigenvalue weighted by atomic mass is 19.1. The van der Waals surface area contributed by atoms with Gasteiger partial charge in [-0.25, -0.2) is 9.18 Å². The molecule has 0 unspecified atom stereocenters. The highest BCUT2D eigenvalue weighted by Gasteiger charge is 2.32. The van der Waals surface area contributed by atoms with E-state index < -0.39 is 12.1 Å². The average molecular weight is 489 g/mol. The second-order valence-corrected chi connectivity index (χ2v) is 9.29. The van der Waals surface area contributed by atoms with Crippen LogP contribution < -0.4 is 15.0 Å². The van der Waals surface area contributed by atoms with Crippen LogP contribution >= 0.6 is 0 Å². The number of nitrogens with one attached hydrogen (secondary N) is 1. The van der Waals surface area contributed by atoms with Crippen LogP contribution in [-0.2, 0) is 16.0 Å². The van der Waals surface area contributed by atoms with Gasteiger partial charge in [0.1, 0.15) is 24.2 Å². The van der Waals surface area contributed by atoms with Crippen LogP contribution in [0, 0.1) is 23.1 Å². The Labute approximate surface area is 208 Å². The lowest BCUT2D eigenvalue weighted by Gasteiger charge is -2.32. The van der Waals surface area contributed by atoms with E-state index in [9.17, 15) is 14.0 Å². The number of fused-ring (bicyclic) bond motifs is 1. The van der Waals surface area contributed by atoms with E-state index in [-0.39, 0.29) is 23.7 Å². The minimum Gasteiger partial charge on any atom is -0.489 e. The molecule has 0 bridgehead atoms. The Morgan fingerprint density at radius 1 is 1.22 bits per heavy atom. The first-order valence-corrected chi connectivity index (χ1v) is 11.5. The van der Waals surface area contributed by atoms with Crippen LogP contribution in [0.15, 0.2) is 54.9 Å². The maximum atomic E-state index is 13.2. The summed E-state index contributed by atoms with van der Waals surface area (Å²) in [5, 5.41) is 6.81. The van der Waals surface area contributed by atoms with Crippen LogP contribution in [0.3, 0.4) is 0 Å². The molecular weight excluding hydrogens is 463 g/mol. The number of rotatable bonds is 3. The summed E-state index contributed by atoms with van der Waals surface area (Å²) in [5.41, 5.74) is 2.87. The Balaban J connectivity index is 1.26. The fourth-order valence-corrected chi connectivity index (χ4v) is 4.00. The largest absolute Gasteiger partial charge is 0.489 e. The lowest BCUT2D eigenvalue weighted by molar-refractivity contribution is -0.120. The number of carbonyl (C=O) groups is 2. The van der Waals surface area contributed by atoms with Crippen molar-refractivity contribution in [3.63, 3.8) is 0 Å². The zero-order valence-electron chi connectivity index (χ0n) is 20.0. The standard InChI is InChI=1S/C27H25FN4O4/c1-27(16-35-17-27)10-9-19-5-8-24-23(12-19)31(2)25(33)22(15-36-24)30-26(34)32-14-20(13-29-32)11-18-3-6-21(28)7-4-18/h3-8,12-14,22H,11,15-17H2,1-2H3,(H,30,34)/t22-/m0/s1. The van der Waals surface area contributed by atoms with E-state index in [1.54, 1.807) is 37.6 Å². The minimum atomic E-state index is -0.903. The van der Waals surface area contributed by atoms with Crippen molar-refractivity contribution in [3.05, 3.63) is 77.4 Å². The van der Waals surface area contributed by atoms with Gasteiger partial charge >= 0.3 is 6.03 Å². The van der Waals surface area contributed by atoms with Crippen molar-refractivity contribution in [3.8, 4) is 17.6 Å². The number of anilines is 1. The summed E-state index contributed by atoms with van der Waals surface area (Å²) < 4.78 is 25.4. The first kappa shape index (κ1) is 23.6. The number of benzene rings is 2. The van der Waals surface area contributed by atoms with Crippen LogP contribution in [0.4, 0.5) is 14.9 Å². The van der Waals surface area contributed by atoms with Gasteiger partial charge in [-0.2, -0.15) is 9.78 Å². The normalized spacial score (nSPS) is 18.1. The topological polar surface area (TPSA) is 85.7 Å². The van der Waals surface area contributed by atoms with E-state index in [1.165, 1.54) is 17.0 Å². The van der Waals surface area contributed by atoms with Gasteiger partial charge in [0.05, 0.1) is 30.5 Å². The molecule has 36 heavy (non-hydrogen) atoms. The van der Waals surface area contributed by atoms with E-state index in [0.717, 1.165) is 21.4 Å². The molecule has 1 saturated heterocycles. The van der Waals surface area contributed by atoms with Gasteiger partial charge in [-0.15, -0.1) is 0 Å². The van der Waals surface area contributed by atoms with Crippen LogP contribution in [-0.4, -0.2) is 54.6 Å². The van der Waals surface area contributed by atoms with Gasteiger partial charge < -0.3 is 19.7 Å². The van der Waals surface area contributed by atoms with Crippen molar-refractivity contribution < 1.29 is 23.5 Å². The molecule has 2 aliphatic heterocycles. The van der Waals surface area contributed by atoms with Gasteiger partial charge in [-0.05, 0) is 48.4 Å². The summed E-state index contributed by atoms with van der Waals surface area (Å²) in [4.78, 5) is 27.4. The molecule has 9 heteroatoms. The number of carbonyl (C=O) groups excluding carboxylic acids is 2. The molecule has 0 saturated carbocycles. The molecule has 1 aromatic heterocycles. The van der Waals surface area contributed by atoms with E-state index in [0.29, 0.717) is 31.1 Å². The molecular formula is C27H25FN4O4. The van der Waals surface area contributed by atoms with Gasteiger partial charge in [0, 0.05) is 25.2 Å². The van der Waals surface area contributed by atoms with Crippen molar-refractivity contribution in [2.24, 2.45) is 5.41 Å². The Morgan fingerprint density at radius 3 is 2.72 bits per heavy atom. The Bertz CT molecular complexity index is 1370. The van der Waals surface area contributed by atoms with Crippen molar-refractivity contribution in [2.75, 3.05) is 31.8 Å². The number of hydrogen-bond donors (Lipinski definition) is 1. The number of ether oxygens (including phenoxy) is 2. The van der Waals surface area contributed by atoms with Gasteiger partial charge in [0.15, 0.2) is 0 Å². The lowest BCUT2D eigenvalue weighted by Crippen LogP contribution is -2.50. The van der Waals surface area contributed by atoms with Gasteiger partial charge in [0.25, 0.3) is 5.91 Å². The number of nitrogens with zero attached hydrogens (tertiary/aromatic N) is 3. The maximum absolute atomic E-state index is 13.2. The summed E-state index contributed by atoms with van der Waals surface area (Å²) in [6.07, 6.45) is 3.64. The Morgan fingerprint density at radius 2 is 2.00 bits per heavy atom. The minimum absolute atomic E-state index is 0.0218. The molecule has 0 aliphatic carbocycles. The first-order chi connectivity index (χ1) is 17.3. The van der Waals surface area contributed by atoms with E-state index in [4.69, 9.17) is 9.47 Å². The quantitative estimate of drug-likeness (QED) is 0.573. The lowest BCUT2D eigenvalue weighted by atomic mass is 9.89. The third-order valence-corrected chi connectivity index (χ3v) is 6.17. The maximum Gasteiger partial charge on any atom is 0.342 e. The molecule has 2 amide bonds. The summed E-state index contributed by atoms with van der Waals surface area (Å²) in [5.74, 6) is 6.30. The van der Waals surface area contributed by atoms with Crippen LogP contribution in [0.25, 0.3) is 0 Å². The van der Waals surface area contributed by atoms with Gasteiger partial charge in [0.2, 0.25) is 0 Å². The van der Waals surface area contributed by atoms with Crippen LogP contribution in [0.5, 0.6) is 5.75 Å². The highest BCUT2D eigenvalue weighted by Crippen LogP contribution is 2.32. The molecule has 5 rings (SSSR count). The van der Waals surface area contributed by atoms with Crippen molar-refractivity contribution >= 4 is 17.6 Å². The van der Waals surface area contributed by atoms with Gasteiger partial charge in [-0.1, -0.05) is 24.0 Å². The predicted molar refractivity (Wildman–Crippen MR) is 130 cm³/mol. The van der Waals surface area contributed by atoms with Crippen LogP contribution in [0.1, 0.15) is 23.6 Å². The molecule has 2 aromatic carbocycles. The fraction of sp³-hybridized carbons (Fsp3) is 0.296. The van der Waals surface area contributed by atoms with Crippen LogP contribution in [0.2, 0.25) is 0 Å². The second-order valence-electron chi connectivity index (χ2n) is 9.29. The smallest absolute Gasteiger partial charge is 0.342 e. The molecule has 0 radical (unpaired) electrons. The second kappa shape index (κ2) is 9.47. The average Bonchev–Trinajstić information content (AvgIpc) is 3.29. The molecule has 1 N–H and O–H groups in total. The molecule has 3 aromatic rings. The molecule has 1 atom stereocenters. The molecule has 184 valence electrons. The number of likely N-dealkylation sites (N-methyl/N-ethyl adjacent to an activating group) is 1. The van der Waals surface area contributed by atoms with Crippen molar-refractivity contribution in [1.29, 1.82) is 0 Å². The molecule has 1 fully saturated rings. The summed E-state index contributed by atoms with van der Waals surface area (Å²) in [7, 11) is 1.64. The third kappa shape index (κ3) is 4.95. The molecule has 0 spiro atoms. The summed E-state index contributed by atoms with van der Waals surface area (Å²) in [6.45, 7) is 3.24. The molecule has 8 nitrogen and oxygen atoms in total. The monoisotopic (exact) mass is 488 g/mol. The van der Waals surface area contributed by atoms with E-state index in [1.807, 2.05) is 19.1 Å². The van der Waals surface area contributed by atoms with Crippen molar-refractivity contribution in [2.45, 2.75) is 19.4 Å². The fourth-order valence-electron chi connectivity index (χ4n) is 4.00. The third-order valence-electron chi connectivity index (χ3n) is 6.17. The summed E-state index contributed by atoms with van der Waals surface area (Å²) in [6, 6.07) is 10.1. The first-order valence-electron chi connectivity index (χ1n) is 11.5. The van der Waals surface area contributed by atoms with Gasteiger partial charge in [-0.3, -0.25) is 4.79 Å². The Kier molecular flexibility index (Phi) is 6.20. The number of amides is 2. The number of halogens is 1. The number of aromatic nitrogens is 2. The van der Waals surface area contributed by atoms with E-state index >= 15 is 0 Å². The predicted octanol–water partition coefficient (Wildman–Crippen LogP) is 2.98. The SMILES string of the molecule is CN1C(=O)[C@@H](NC(=O)n2cc(Cc3ccc(F)cc3)cn2)COc2ccc(C#CC3(C)COC3)cc21. The molecule has 2 aliphatic rings. The van der Waals surface area contributed by atoms with E-state index in [2.05, 4.69) is 22.3 Å². The number of hydrogen-bond acceptors (Lipinski definition) is 5. The zero-order chi connectivity index (χ0) is 25.3. The zero-order valence-corrected chi connectivity index (χ0v) is 20.0. The highest BCUT2D eigenvalue weighted by molar-refractivity contribution is 6.00. The summed E-state index contributed by atoms with van der Waals surface area (Å²) >= 11 is 0. The Hall–Kier alpha value is -4.16. The van der Waals surface area contributed by atoms with Crippen molar-refractivity contribution in [1.82, 2.24) is 15.1 Å².